The molecule has 1 aromatic carbocycles. The highest BCUT2D eigenvalue weighted by molar-refractivity contribution is 7.16. The van der Waals surface area contributed by atoms with Gasteiger partial charge in [-0.15, -0.1) is 11.3 Å². The Kier molecular flexibility index (Phi) is 5.38. The molecule has 0 radical (unpaired) electrons. The molecule has 0 bridgehead atoms. The standard InChI is InChI=1S/C21H22ClN3O3S/c1-21(20(27)23-7-8-28-2)13-24-17(11-15-6-9-29-19(15)24)18(26)25(21)12-14-4-3-5-16(22)10-14/h3-6,9-11H,7-8,12-13H2,1-2H3,(H,23,27). The minimum Gasteiger partial charge on any atom is -0.383 e. The van der Waals surface area contributed by atoms with Gasteiger partial charge in [0.2, 0.25) is 5.91 Å². The summed E-state index contributed by atoms with van der Waals surface area (Å²) in [6, 6.07) is 11.3. The summed E-state index contributed by atoms with van der Waals surface area (Å²) in [6.45, 7) is 3.30. The van der Waals surface area contributed by atoms with Crippen LogP contribution in [-0.4, -0.2) is 47.1 Å². The SMILES string of the molecule is COCCNC(=O)C1(C)Cn2c(cc3ccsc32)C(=O)N1Cc1cccc(Cl)c1. The first-order chi connectivity index (χ1) is 13.9. The lowest BCUT2D eigenvalue weighted by Gasteiger charge is -2.44. The predicted molar refractivity (Wildman–Crippen MR) is 114 cm³/mol. The number of hydrogen-bond donors (Lipinski definition) is 1. The van der Waals surface area contributed by atoms with Gasteiger partial charge < -0.3 is 19.5 Å². The molecule has 152 valence electrons. The summed E-state index contributed by atoms with van der Waals surface area (Å²) in [4.78, 5) is 29.4. The van der Waals surface area contributed by atoms with Gasteiger partial charge in [-0.2, -0.15) is 0 Å². The van der Waals surface area contributed by atoms with Crippen molar-refractivity contribution >= 4 is 45.0 Å². The largest absolute Gasteiger partial charge is 0.383 e. The van der Waals surface area contributed by atoms with Gasteiger partial charge in [-0.1, -0.05) is 23.7 Å². The van der Waals surface area contributed by atoms with Crippen LogP contribution >= 0.6 is 22.9 Å². The van der Waals surface area contributed by atoms with Crippen LogP contribution in [-0.2, 0) is 22.6 Å². The van der Waals surface area contributed by atoms with Crippen molar-refractivity contribution in [2.75, 3.05) is 20.3 Å². The highest BCUT2D eigenvalue weighted by atomic mass is 35.5. The molecular formula is C21H22ClN3O3S. The predicted octanol–water partition coefficient (Wildman–Crippen LogP) is 3.53. The van der Waals surface area contributed by atoms with Crippen LogP contribution in [0.4, 0.5) is 0 Å². The van der Waals surface area contributed by atoms with Crippen LogP contribution in [0.3, 0.4) is 0 Å². The van der Waals surface area contributed by atoms with E-state index in [-0.39, 0.29) is 11.8 Å². The Morgan fingerprint density at radius 1 is 1.34 bits per heavy atom. The lowest BCUT2D eigenvalue weighted by molar-refractivity contribution is -0.133. The first-order valence-electron chi connectivity index (χ1n) is 9.34. The number of amides is 2. The maximum absolute atomic E-state index is 13.5. The maximum Gasteiger partial charge on any atom is 0.271 e. The van der Waals surface area contributed by atoms with Crippen LogP contribution in [0.2, 0.25) is 5.02 Å². The molecule has 1 unspecified atom stereocenters. The molecule has 3 aromatic rings. The molecular weight excluding hydrogens is 410 g/mol. The quantitative estimate of drug-likeness (QED) is 0.607. The fraction of sp³-hybridized carbons (Fsp3) is 0.333. The fourth-order valence-corrected chi connectivity index (χ4v) is 4.89. The molecule has 1 aliphatic rings. The molecule has 0 aliphatic carbocycles. The van der Waals surface area contributed by atoms with Crippen LogP contribution < -0.4 is 5.32 Å². The van der Waals surface area contributed by atoms with Crippen LogP contribution in [0.5, 0.6) is 0 Å². The Bertz CT molecular complexity index is 1080. The molecule has 0 saturated carbocycles. The number of ether oxygens (including phenoxy) is 1. The zero-order chi connectivity index (χ0) is 20.6. The third-order valence-corrected chi connectivity index (χ3v) is 6.53. The van der Waals surface area contributed by atoms with Gasteiger partial charge in [0.25, 0.3) is 5.91 Å². The molecule has 1 aliphatic heterocycles. The minimum atomic E-state index is -1.05. The van der Waals surface area contributed by atoms with E-state index in [0.29, 0.717) is 37.0 Å². The van der Waals surface area contributed by atoms with Crippen molar-refractivity contribution in [3.05, 3.63) is 58.1 Å². The third-order valence-electron chi connectivity index (χ3n) is 5.34. The van der Waals surface area contributed by atoms with Crippen molar-refractivity contribution in [3.8, 4) is 0 Å². The van der Waals surface area contributed by atoms with Gasteiger partial charge in [0.05, 0.1) is 13.2 Å². The number of carbonyl (C=O) groups is 2. The van der Waals surface area contributed by atoms with Gasteiger partial charge in [0.1, 0.15) is 16.1 Å². The van der Waals surface area contributed by atoms with Crippen LogP contribution in [0.1, 0.15) is 23.0 Å². The van der Waals surface area contributed by atoms with Crippen molar-refractivity contribution in [3.63, 3.8) is 0 Å². The first kappa shape index (κ1) is 19.9. The van der Waals surface area contributed by atoms with Crippen molar-refractivity contribution in [2.24, 2.45) is 0 Å². The molecule has 29 heavy (non-hydrogen) atoms. The summed E-state index contributed by atoms with van der Waals surface area (Å²) >= 11 is 7.71. The molecule has 6 nitrogen and oxygen atoms in total. The van der Waals surface area contributed by atoms with E-state index in [2.05, 4.69) is 5.32 Å². The highest BCUT2D eigenvalue weighted by Crippen LogP contribution is 2.35. The third kappa shape index (κ3) is 3.54. The number of carbonyl (C=O) groups excluding carboxylic acids is 2. The lowest BCUT2D eigenvalue weighted by atomic mass is 9.94. The average molecular weight is 432 g/mol. The summed E-state index contributed by atoms with van der Waals surface area (Å²) in [5.74, 6) is -0.363. The van der Waals surface area contributed by atoms with Crippen molar-refractivity contribution in [2.45, 2.75) is 25.6 Å². The summed E-state index contributed by atoms with van der Waals surface area (Å²) < 4.78 is 7.01. The van der Waals surface area contributed by atoms with Crippen molar-refractivity contribution in [1.29, 1.82) is 0 Å². The Labute approximate surface area is 178 Å². The normalized spacial score (nSPS) is 18.9. The van der Waals surface area contributed by atoms with E-state index in [1.54, 1.807) is 29.4 Å². The number of benzene rings is 1. The fourth-order valence-electron chi connectivity index (χ4n) is 3.78. The Morgan fingerprint density at radius 3 is 2.93 bits per heavy atom. The molecule has 0 fully saturated rings. The second kappa shape index (κ2) is 7.82. The number of thiophene rings is 1. The van der Waals surface area contributed by atoms with Crippen molar-refractivity contribution in [1.82, 2.24) is 14.8 Å². The molecule has 0 saturated heterocycles. The lowest BCUT2D eigenvalue weighted by Crippen LogP contribution is -2.63. The highest BCUT2D eigenvalue weighted by Gasteiger charge is 2.47. The molecule has 1 atom stereocenters. The van der Waals surface area contributed by atoms with E-state index in [1.165, 1.54) is 0 Å². The Hall–Kier alpha value is -2.35. The Morgan fingerprint density at radius 2 is 2.17 bits per heavy atom. The number of fused-ring (bicyclic) bond motifs is 3. The van der Waals surface area contributed by atoms with E-state index in [4.69, 9.17) is 16.3 Å². The maximum atomic E-state index is 13.5. The molecule has 1 N–H and O–H groups in total. The molecule has 2 amide bonds. The van der Waals surface area contributed by atoms with E-state index in [0.717, 1.165) is 15.8 Å². The first-order valence-corrected chi connectivity index (χ1v) is 10.6. The van der Waals surface area contributed by atoms with Crippen LogP contribution in [0.15, 0.2) is 41.8 Å². The topological polar surface area (TPSA) is 63.6 Å². The number of halogens is 1. The zero-order valence-electron chi connectivity index (χ0n) is 16.3. The summed E-state index contributed by atoms with van der Waals surface area (Å²) in [5, 5.41) is 6.53. The average Bonchev–Trinajstić information content (AvgIpc) is 3.28. The van der Waals surface area contributed by atoms with E-state index in [9.17, 15) is 9.59 Å². The molecule has 3 heterocycles. The minimum absolute atomic E-state index is 0.163. The van der Waals surface area contributed by atoms with Gasteiger partial charge in [-0.3, -0.25) is 9.59 Å². The van der Waals surface area contributed by atoms with E-state index >= 15 is 0 Å². The summed E-state index contributed by atoms with van der Waals surface area (Å²) in [7, 11) is 1.59. The summed E-state index contributed by atoms with van der Waals surface area (Å²) in [5.41, 5.74) is 0.440. The van der Waals surface area contributed by atoms with Gasteiger partial charge in [0.15, 0.2) is 0 Å². The number of methoxy groups -OCH3 is 1. The summed E-state index contributed by atoms with van der Waals surface area (Å²) in [6.07, 6.45) is 0. The number of rotatable bonds is 6. The second-order valence-corrected chi connectivity index (χ2v) is 8.67. The van der Waals surface area contributed by atoms with Crippen LogP contribution in [0.25, 0.3) is 10.2 Å². The number of nitrogens with one attached hydrogen (secondary N) is 1. The van der Waals surface area contributed by atoms with Crippen molar-refractivity contribution < 1.29 is 14.3 Å². The number of aromatic nitrogens is 1. The molecule has 8 heteroatoms. The number of nitrogens with zero attached hydrogens (tertiary/aromatic N) is 2. The smallest absolute Gasteiger partial charge is 0.271 e. The van der Waals surface area contributed by atoms with Gasteiger partial charge >= 0.3 is 0 Å². The number of hydrogen-bond acceptors (Lipinski definition) is 4. The Balaban J connectivity index is 1.75. The van der Waals surface area contributed by atoms with Gasteiger partial charge in [-0.05, 0) is 42.1 Å². The van der Waals surface area contributed by atoms with Crippen LogP contribution in [0, 0.1) is 0 Å². The monoisotopic (exact) mass is 431 g/mol. The molecule has 0 spiro atoms. The second-order valence-electron chi connectivity index (χ2n) is 7.34. The zero-order valence-corrected chi connectivity index (χ0v) is 17.8. The van der Waals surface area contributed by atoms with E-state index < -0.39 is 5.54 Å². The van der Waals surface area contributed by atoms with E-state index in [1.807, 2.05) is 47.2 Å². The molecule has 4 rings (SSSR count). The molecule has 2 aromatic heterocycles. The van der Waals surface area contributed by atoms with Gasteiger partial charge in [0, 0.05) is 30.6 Å². The van der Waals surface area contributed by atoms with Gasteiger partial charge in [-0.25, -0.2) is 0 Å².